The van der Waals surface area contributed by atoms with Crippen LogP contribution in [0.3, 0.4) is 0 Å². The fourth-order valence-corrected chi connectivity index (χ4v) is 3.68. The lowest BCUT2D eigenvalue weighted by molar-refractivity contribution is -0.121. The first-order chi connectivity index (χ1) is 14.5. The topological polar surface area (TPSA) is 106 Å². The summed E-state index contributed by atoms with van der Waals surface area (Å²) in [5.74, 6) is 1.16. The summed E-state index contributed by atoms with van der Waals surface area (Å²) in [5, 5.41) is 4.05. The summed E-state index contributed by atoms with van der Waals surface area (Å²) in [6.45, 7) is 4.03. The van der Waals surface area contributed by atoms with Crippen LogP contribution >= 0.6 is 0 Å². The Balaban J connectivity index is 1.45. The summed E-state index contributed by atoms with van der Waals surface area (Å²) in [6.07, 6.45) is 0. The molecule has 0 saturated carbocycles. The molecule has 1 amide bonds. The van der Waals surface area contributed by atoms with Gasteiger partial charge in [-0.1, -0.05) is 17.3 Å². The fraction of sp³-hybridized carbons (Fsp3) is 0.238. The predicted molar refractivity (Wildman–Crippen MR) is 109 cm³/mol. The second kappa shape index (κ2) is 6.87. The lowest BCUT2D eigenvalue weighted by Crippen LogP contribution is -2.38. The third-order valence-corrected chi connectivity index (χ3v) is 5.06. The van der Waals surface area contributed by atoms with E-state index in [-0.39, 0.29) is 30.8 Å². The number of aromatic nitrogens is 4. The smallest absolute Gasteiger partial charge is 0.326 e. The van der Waals surface area contributed by atoms with Crippen molar-refractivity contribution in [1.29, 1.82) is 0 Å². The van der Waals surface area contributed by atoms with Gasteiger partial charge >= 0.3 is 5.69 Å². The number of hydrogen-bond donors (Lipinski definition) is 1. The monoisotopic (exact) mass is 405 g/mol. The number of ether oxygens (including phenoxy) is 1. The van der Waals surface area contributed by atoms with Gasteiger partial charge in [-0.2, -0.15) is 4.98 Å². The number of rotatable bonds is 4. The molecule has 1 N–H and O–H groups in total. The van der Waals surface area contributed by atoms with E-state index in [0.29, 0.717) is 34.2 Å². The van der Waals surface area contributed by atoms with Crippen LogP contribution < -0.4 is 15.3 Å². The summed E-state index contributed by atoms with van der Waals surface area (Å²) < 4.78 is 12.5. The minimum Gasteiger partial charge on any atom is -0.482 e. The van der Waals surface area contributed by atoms with Crippen LogP contribution in [0.25, 0.3) is 22.4 Å². The molecule has 30 heavy (non-hydrogen) atoms. The van der Waals surface area contributed by atoms with Crippen LogP contribution in [0.2, 0.25) is 0 Å². The lowest BCUT2D eigenvalue weighted by atomic mass is 10.2. The Morgan fingerprint density at radius 2 is 2.00 bits per heavy atom. The van der Waals surface area contributed by atoms with Crippen LogP contribution in [0.5, 0.6) is 5.75 Å². The average Bonchev–Trinajstić information content (AvgIpc) is 3.33. The number of anilines is 1. The zero-order chi connectivity index (χ0) is 20.8. The number of carbonyl (C=O) groups excluding carboxylic acids is 1. The first-order valence-electron chi connectivity index (χ1n) is 9.60. The molecule has 5 rings (SSSR count). The predicted octanol–water partition coefficient (Wildman–Crippen LogP) is 2.89. The molecule has 152 valence electrons. The molecule has 0 fully saturated rings. The number of imidazole rings is 1. The molecule has 0 saturated heterocycles. The SMILES string of the molecule is CC(C)n1c(=O)[nH]c2cc(-c3noc(CN4C(=O)COc5ccccc54)n3)ccc21. The van der Waals surface area contributed by atoms with Gasteiger partial charge in [0.1, 0.15) is 12.3 Å². The van der Waals surface area contributed by atoms with Gasteiger partial charge < -0.3 is 14.2 Å². The van der Waals surface area contributed by atoms with Crippen LogP contribution in [-0.4, -0.2) is 32.2 Å². The van der Waals surface area contributed by atoms with Gasteiger partial charge in [-0.15, -0.1) is 0 Å². The van der Waals surface area contributed by atoms with E-state index in [1.807, 2.05) is 56.3 Å². The number of nitrogens with one attached hydrogen (secondary N) is 1. The van der Waals surface area contributed by atoms with Crippen LogP contribution in [-0.2, 0) is 11.3 Å². The second-order valence-corrected chi connectivity index (χ2v) is 7.37. The standard InChI is InChI=1S/C21H19N5O4/c1-12(2)26-15-8-7-13(9-14(15)22-21(26)28)20-23-18(30-24-20)10-25-16-5-3-4-6-17(16)29-11-19(25)27/h3-9,12H,10-11H2,1-2H3,(H,22,28). The van der Waals surface area contributed by atoms with Crippen LogP contribution in [0.15, 0.2) is 51.8 Å². The molecule has 0 atom stereocenters. The highest BCUT2D eigenvalue weighted by atomic mass is 16.5. The van der Waals surface area contributed by atoms with Gasteiger partial charge in [-0.25, -0.2) is 4.79 Å². The van der Waals surface area contributed by atoms with Gasteiger partial charge in [0.15, 0.2) is 6.61 Å². The van der Waals surface area contributed by atoms with E-state index in [1.54, 1.807) is 9.47 Å². The third kappa shape index (κ3) is 2.95. The molecule has 0 unspecified atom stereocenters. The van der Waals surface area contributed by atoms with Crippen molar-refractivity contribution in [2.24, 2.45) is 0 Å². The maximum atomic E-state index is 12.3. The highest BCUT2D eigenvalue weighted by Gasteiger charge is 2.27. The molecule has 0 radical (unpaired) electrons. The van der Waals surface area contributed by atoms with E-state index in [2.05, 4.69) is 15.1 Å². The Morgan fingerprint density at radius 1 is 1.17 bits per heavy atom. The summed E-state index contributed by atoms with van der Waals surface area (Å²) in [7, 11) is 0. The van der Waals surface area contributed by atoms with E-state index >= 15 is 0 Å². The molecule has 9 heteroatoms. The zero-order valence-corrected chi connectivity index (χ0v) is 16.5. The van der Waals surface area contributed by atoms with Crippen molar-refractivity contribution < 1.29 is 14.1 Å². The molecular weight excluding hydrogens is 386 g/mol. The maximum absolute atomic E-state index is 12.3. The van der Waals surface area contributed by atoms with Gasteiger partial charge in [0, 0.05) is 11.6 Å². The Bertz CT molecular complexity index is 1320. The number of nitrogens with zero attached hydrogens (tertiary/aromatic N) is 4. The number of para-hydroxylation sites is 2. The van der Waals surface area contributed by atoms with Crippen molar-refractivity contribution in [3.63, 3.8) is 0 Å². The highest BCUT2D eigenvalue weighted by Crippen LogP contribution is 2.32. The Labute approximate surface area is 170 Å². The number of H-pyrrole nitrogens is 1. The minimum atomic E-state index is -0.178. The molecule has 1 aliphatic heterocycles. The van der Waals surface area contributed by atoms with E-state index in [1.165, 1.54) is 0 Å². The Hall–Kier alpha value is -3.88. The normalized spacial score (nSPS) is 13.7. The molecule has 0 spiro atoms. The quantitative estimate of drug-likeness (QED) is 0.560. The molecular formula is C21H19N5O4. The van der Waals surface area contributed by atoms with Gasteiger partial charge in [-0.3, -0.25) is 14.3 Å². The van der Waals surface area contributed by atoms with Crippen molar-refractivity contribution in [2.45, 2.75) is 26.4 Å². The van der Waals surface area contributed by atoms with E-state index in [9.17, 15) is 9.59 Å². The first-order valence-corrected chi connectivity index (χ1v) is 9.60. The fourth-order valence-electron chi connectivity index (χ4n) is 3.68. The molecule has 3 heterocycles. The van der Waals surface area contributed by atoms with Crippen molar-refractivity contribution in [3.05, 3.63) is 58.8 Å². The Kier molecular flexibility index (Phi) is 4.16. The Morgan fingerprint density at radius 3 is 2.83 bits per heavy atom. The molecule has 0 bridgehead atoms. The van der Waals surface area contributed by atoms with Crippen molar-refractivity contribution in [3.8, 4) is 17.1 Å². The van der Waals surface area contributed by atoms with Crippen LogP contribution in [0.1, 0.15) is 25.8 Å². The summed E-state index contributed by atoms with van der Waals surface area (Å²) >= 11 is 0. The van der Waals surface area contributed by atoms with Gasteiger partial charge in [-0.05, 0) is 44.2 Å². The van der Waals surface area contributed by atoms with E-state index in [4.69, 9.17) is 9.26 Å². The first kappa shape index (κ1) is 18.2. The minimum absolute atomic E-state index is 0.0329. The molecule has 9 nitrogen and oxygen atoms in total. The molecule has 2 aromatic heterocycles. The number of aromatic amines is 1. The van der Waals surface area contributed by atoms with Crippen molar-refractivity contribution in [1.82, 2.24) is 19.7 Å². The lowest BCUT2D eigenvalue weighted by Gasteiger charge is -2.27. The number of hydrogen-bond acceptors (Lipinski definition) is 6. The van der Waals surface area contributed by atoms with Crippen LogP contribution in [0.4, 0.5) is 5.69 Å². The van der Waals surface area contributed by atoms with Crippen LogP contribution in [0, 0.1) is 0 Å². The summed E-state index contributed by atoms with van der Waals surface area (Å²) in [5.41, 5.74) is 2.74. The summed E-state index contributed by atoms with van der Waals surface area (Å²) in [6, 6.07) is 12.9. The number of amides is 1. The van der Waals surface area contributed by atoms with E-state index in [0.717, 1.165) is 5.52 Å². The summed E-state index contributed by atoms with van der Waals surface area (Å²) in [4.78, 5) is 33.4. The maximum Gasteiger partial charge on any atom is 0.326 e. The van der Waals surface area contributed by atoms with Crippen molar-refractivity contribution in [2.75, 3.05) is 11.5 Å². The molecule has 1 aliphatic rings. The number of benzene rings is 2. The highest BCUT2D eigenvalue weighted by molar-refractivity contribution is 5.97. The van der Waals surface area contributed by atoms with Crippen molar-refractivity contribution >= 4 is 22.6 Å². The van der Waals surface area contributed by atoms with Gasteiger partial charge in [0.25, 0.3) is 5.91 Å². The van der Waals surface area contributed by atoms with Gasteiger partial charge in [0.2, 0.25) is 11.7 Å². The van der Waals surface area contributed by atoms with E-state index < -0.39 is 0 Å². The largest absolute Gasteiger partial charge is 0.482 e. The molecule has 4 aromatic rings. The third-order valence-electron chi connectivity index (χ3n) is 5.06. The average molecular weight is 405 g/mol. The number of fused-ring (bicyclic) bond motifs is 2. The molecule has 0 aliphatic carbocycles. The molecule has 2 aromatic carbocycles. The zero-order valence-electron chi connectivity index (χ0n) is 16.5. The number of carbonyl (C=O) groups is 1. The second-order valence-electron chi connectivity index (χ2n) is 7.37. The van der Waals surface area contributed by atoms with Gasteiger partial charge in [0.05, 0.1) is 16.7 Å².